The van der Waals surface area contributed by atoms with Crippen molar-refractivity contribution in [1.82, 2.24) is 25.1 Å². The number of H-pyrrole nitrogens is 1. The molecule has 3 aromatic rings. The smallest absolute Gasteiger partial charge is 0.183 e. The lowest BCUT2D eigenvalue weighted by atomic mass is 9.73. The maximum Gasteiger partial charge on any atom is 0.183 e. The normalized spacial score (nSPS) is 25.9. The number of nitrogens with one attached hydrogen (secondary N) is 1. The number of rotatable bonds is 2. The summed E-state index contributed by atoms with van der Waals surface area (Å²) < 4.78 is 5.84. The van der Waals surface area contributed by atoms with E-state index in [2.05, 4.69) is 31.9 Å². The number of piperidine rings is 1. The van der Waals surface area contributed by atoms with E-state index in [9.17, 15) is 0 Å². The summed E-state index contributed by atoms with van der Waals surface area (Å²) in [6, 6.07) is 0.115. The average molecular weight is 427 g/mol. The van der Waals surface area contributed by atoms with Crippen molar-refractivity contribution < 1.29 is 4.74 Å². The molecule has 30 heavy (non-hydrogen) atoms. The quantitative estimate of drug-likeness (QED) is 0.642. The van der Waals surface area contributed by atoms with Crippen LogP contribution in [0.1, 0.15) is 31.9 Å². The van der Waals surface area contributed by atoms with Crippen LogP contribution in [-0.4, -0.2) is 63.5 Å². The van der Waals surface area contributed by atoms with Crippen molar-refractivity contribution in [3.63, 3.8) is 0 Å². The van der Waals surface area contributed by atoms with Crippen molar-refractivity contribution in [2.75, 3.05) is 36.0 Å². The molecule has 0 radical (unpaired) electrons. The summed E-state index contributed by atoms with van der Waals surface area (Å²) in [5, 5.41) is 8.84. The first-order valence-electron chi connectivity index (χ1n) is 10.7. The predicted octanol–water partition coefficient (Wildman–Crippen LogP) is 2.23. The molecule has 2 atom stereocenters. The largest absolute Gasteiger partial charge is 0.376 e. The molecule has 3 N–H and O–H groups in total. The number of ether oxygens (including phenoxy) is 1. The van der Waals surface area contributed by atoms with Gasteiger partial charge in [0.15, 0.2) is 17.0 Å². The van der Waals surface area contributed by atoms with Gasteiger partial charge in [-0.05, 0) is 32.6 Å². The lowest BCUT2D eigenvalue weighted by Crippen LogP contribution is -2.50. The van der Waals surface area contributed by atoms with Crippen LogP contribution in [0.15, 0.2) is 11.7 Å². The van der Waals surface area contributed by atoms with Crippen LogP contribution in [0.4, 0.5) is 16.6 Å². The number of aromatic nitrogens is 5. The number of nitrogens with two attached hydrogens (primary N) is 1. The minimum absolute atomic E-state index is 0.106. The molecule has 3 aliphatic rings. The molecular formula is C20H26N8OS. The summed E-state index contributed by atoms with van der Waals surface area (Å²) in [6.07, 6.45) is 6.16. The zero-order chi connectivity index (χ0) is 20.3. The monoisotopic (exact) mass is 426 g/mol. The molecule has 1 spiro atoms. The Balaban J connectivity index is 1.24. The summed E-state index contributed by atoms with van der Waals surface area (Å²) in [4.78, 5) is 18.6. The molecule has 6 rings (SSSR count). The lowest BCUT2D eigenvalue weighted by molar-refractivity contribution is 0.0974. The van der Waals surface area contributed by atoms with Crippen molar-refractivity contribution in [2.24, 2.45) is 11.1 Å². The lowest BCUT2D eigenvalue weighted by Gasteiger charge is -2.41. The Morgan fingerprint density at radius 1 is 1.27 bits per heavy atom. The SMILES string of the molecule is C[C@@H]1OCC2(CCN(c3cnc4c(N5CCCc6ncsc65)n[nH]c4n3)CC2)[C@@H]1N. The first-order valence-corrected chi connectivity index (χ1v) is 11.6. The van der Waals surface area contributed by atoms with Gasteiger partial charge in [0, 0.05) is 31.1 Å². The highest BCUT2D eigenvalue weighted by Crippen LogP contribution is 2.42. The van der Waals surface area contributed by atoms with Gasteiger partial charge in [-0.15, -0.1) is 11.3 Å². The molecule has 0 amide bonds. The second-order valence-corrected chi connectivity index (χ2v) is 9.56. The van der Waals surface area contributed by atoms with Crippen molar-refractivity contribution in [3.8, 4) is 0 Å². The van der Waals surface area contributed by atoms with Gasteiger partial charge in [-0.3, -0.25) is 5.10 Å². The maximum atomic E-state index is 6.45. The number of hydrogen-bond acceptors (Lipinski definition) is 9. The molecule has 0 bridgehead atoms. The minimum atomic E-state index is 0.106. The van der Waals surface area contributed by atoms with Gasteiger partial charge in [-0.25, -0.2) is 15.0 Å². The number of thiazole rings is 1. The molecule has 0 saturated carbocycles. The zero-order valence-electron chi connectivity index (χ0n) is 17.0. The van der Waals surface area contributed by atoms with Crippen LogP contribution in [0.2, 0.25) is 0 Å². The third-order valence-electron chi connectivity index (χ3n) is 7.08. The minimum Gasteiger partial charge on any atom is -0.376 e. The number of fused-ring (bicyclic) bond motifs is 2. The summed E-state index contributed by atoms with van der Waals surface area (Å²) in [5.74, 6) is 1.74. The first-order chi connectivity index (χ1) is 14.6. The fourth-order valence-corrected chi connectivity index (χ4v) is 6.01. The third kappa shape index (κ3) is 2.74. The standard InChI is InChI=1S/C20H26N8OS/c1-12-16(21)20(10-29-12)4-7-27(8-5-20)14-9-22-15-17(24-14)25-26-18(15)28-6-2-3-13-19(28)30-11-23-13/h9,11-12,16H,2-8,10,21H2,1H3,(H,24,25,26)/t12-,16+/m0/s1. The molecule has 3 aliphatic heterocycles. The van der Waals surface area contributed by atoms with Gasteiger partial charge in [0.2, 0.25) is 0 Å². The Labute approximate surface area is 178 Å². The van der Waals surface area contributed by atoms with Gasteiger partial charge >= 0.3 is 0 Å². The number of anilines is 3. The summed E-state index contributed by atoms with van der Waals surface area (Å²) >= 11 is 1.66. The molecule has 0 aliphatic carbocycles. The second-order valence-electron chi connectivity index (χ2n) is 8.72. The molecular weight excluding hydrogens is 400 g/mol. The molecule has 2 fully saturated rings. The molecule has 3 aromatic heterocycles. The van der Waals surface area contributed by atoms with Crippen LogP contribution in [0.25, 0.3) is 11.2 Å². The van der Waals surface area contributed by atoms with E-state index in [1.54, 1.807) is 11.3 Å². The van der Waals surface area contributed by atoms with Gasteiger partial charge in [-0.1, -0.05) is 0 Å². The van der Waals surface area contributed by atoms with Gasteiger partial charge in [0.1, 0.15) is 10.8 Å². The van der Waals surface area contributed by atoms with Crippen LogP contribution >= 0.6 is 11.3 Å². The van der Waals surface area contributed by atoms with Crippen LogP contribution < -0.4 is 15.5 Å². The van der Waals surface area contributed by atoms with Crippen LogP contribution in [-0.2, 0) is 11.2 Å². The zero-order valence-corrected chi connectivity index (χ0v) is 17.9. The van der Waals surface area contributed by atoms with E-state index in [1.807, 2.05) is 11.7 Å². The van der Waals surface area contributed by atoms with Crippen LogP contribution in [0.3, 0.4) is 0 Å². The molecule has 158 valence electrons. The van der Waals surface area contributed by atoms with E-state index in [0.717, 1.165) is 80.4 Å². The van der Waals surface area contributed by atoms with Crippen molar-refractivity contribution >= 4 is 39.1 Å². The Morgan fingerprint density at radius 3 is 2.93 bits per heavy atom. The summed E-state index contributed by atoms with van der Waals surface area (Å²) in [6.45, 7) is 5.61. The highest BCUT2D eigenvalue weighted by atomic mass is 32.1. The van der Waals surface area contributed by atoms with E-state index < -0.39 is 0 Å². The highest BCUT2D eigenvalue weighted by molar-refractivity contribution is 7.14. The molecule has 2 saturated heterocycles. The Morgan fingerprint density at radius 2 is 2.13 bits per heavy atom. The number of nitrogens with zero attached hydrogens (tertiary/aromatic N) is 6. The van der Waals surface area contributed by atoms with Crippen molar-refractivity contribution in [2.45, 2.75) is 44.8 Å². The number of aryl methyl sites for hydroxylation is 1. The predicted molar refractivity (Wildman–Crippen MR) is 116 cm³/mol. The van der Waals surface area contributed by atoms with Gasteiger partial charge < -0.3 is 20.3 Å². The van der Waals surface area contributed by atoms with Crippen LogP contribution in [0, 0.1) is 5.41 Å². The third-order valence-corrected chi connectivity index (χ3v) is 7.97. The topological polar surface area (TPSA) is 109 Å². The van der Waals surface area contributed by atoms with Crippen molar-refractivity contribution in [3.05, 3.63) is 17.4 Å². The first kappa shape index (κ1) is 18.5. The average Bonchev–Trinajstić information content (AvgIpc) is 3.49. The van der Waals surface area contributed by atoms with E-state index in [-0.39, 0.29) is 17.6 Å². The summed E-state index contributed by atoms with van der Waals surface area (Å²) in [5.41, 5.74) is 11.2. The molecule has 0 unspecified atom stereocenters. The highest BCUT2D eigenvalue weighted by Gasteiger charge is 2.47. The van der Waals surface area contributed by atoms with E-state index >= 15 is 0 Å². The van der Waals surface area contributed by atoms with Gasteiger partial charge in [0.05, 0.1) is 30.1 Å². The molecule has 10 heteroatoms. The van der Waals surface area contributed by atoms with E-state index in [0.29, 0.717) is 0 Å². The Kier molecular flexibility index (Phi) is 4.22. The molecule has 6 heterocycles. The maximum absolute atomic E-state index is 6.45. The van der Waals surface area contributed by atoms with Gasteiger partial charge in [-0.2, -0.15) is 5.10 Å². The summed E-state index contributed by atoms with van der Waals surface area (Å²) in [7, 11) is 0. The molecule has 9 nitrogen and oxygen atoms in total. The van der Waals surface area contributed by atoms with Crippen LogP contribution in [0.5, 0.6) is 0 Å². The van der Waals surface area contributed by atoms with E-state index in [1.165, 1.54) is 5.00 Å². The second kappa shape index (κ2) is 6.86. The Bertz CT molecular complexity index is 1070. The Hall–Kier alpha value is -2.30. The molecule has 0 aromatic carbocycles. The van der Waals surface area contributed by atoms with E-state index in [4.69, 9.17) is 20.4 Å². The fourth-order valence-electron chi connectivity index (χ4n) is 5.14. The number of aromatic amines is 1. The van der Waals surface area contributed by atoms with Gasteiger partial charge in [0.25, 0.3) is 0 Å². The number of hydrogen-bond donors (Lipinski definition) is 2. The fraction of sp³-hybridized carbons (Fsp3) is 0.600. The van der Waals surface area contributed by atoms with Crippen molar-refractivity contribution in [1.29, 1.82) is 0 Å².